The van der Waals surface area contributed by atoms with Crippen LogP contribution in [0.4, 0.5) is 5.69 Å². The number of carbonyl (C=O) groups is 2. The first kappa shape index (κ1) is 29.0. The van der Waals surface area contributed by atoms with Gasteiger partial charge < -0.3 is 24.8 Å². The van der Waals surface area contributed by atoms with Gasteiger partial charge in [-0.15, -0.1) is 10.2 Å². The molecule has 0 aliphatic rings. The number of nitrogens with zero attached hydrogens (tertiary/aromatic N) is 3. The Morgan fingerprint density at radius 3 is 2.27 bits per heavy atom. The Bertz CT molecular complexity index is 1480. The van der Waals surface area contributed by atoms with Crippen molar-refractivity contribution in [2.75, 3.05) is 32.4 Å². The summed E-state index contributed by atoms with van der Waals surface area (Å²) in [5.74, 6) is 1.21. The minimum atomic E-state index is -0.364. The van der Waals surface area contributed by atoms with E-state index in [4.69, 9.17) is 14.2 Å². The van der Waals surface area contributed by atoms with Crippen LogP contribution in [-0.4, -0.2) is 53.7 Å². The fraction of sp³-hybridized carbons (Fsp3) is 0.214. The summed E-state index contributed by atoms with van der Waals surface area (Å²) in [6.45, 7) is 2.04. The molecule has 1 heterocycles. The molecule has 2 N–H and O–H groups in total. The van der Waals surface area contributed by atoms with Crippen LogP contribution in [-0.2, 0) is 11.3 Å². The van der Waals surface area contributed by atoms with E-state index in [0.29, 0.717) is 33.8 Å². The Kier molecular flexibility index (Phi) is 9.67. The van der Waals surface area contributed by atoms with Gasteiger partial charge in [-0.25, -0.2) is 0 Å². The molecule has 0 aliphatic heterocycles. The summed E-state index contributed by atoms with van der Waals surface area (Å²) in [5.41, 5.74) is 2.90. The van der Waals surface area contributed by atoms with Crippen molar-refractivity contribution in [1.29, 1.82) is 0 Å². The van der Waals surface area contributed by atoms with E-state index < -0.39 is 0 Å². The fourth-order valence-corrected chi connectivity index (χ4v) is 4.92. The number of aromatic nitrogens is 3. The van der Waals surface area contributed by atoms with E-state index in [9.17, 15) is 9.59 Å². The minimum absolute atomic E-state index is 0.0780. The number of amides is 2. The molecule has 0 saturated heterocycles. The molecule has 0 spiro atoms. The maximum Gasteiger partial charge on any atom is 0.251 e. The van der Waals surface area contributed by atoms with Gasteiger partial charge in [0.15, 0.2) is 22.5 Å². The summed E-state index contributed by atoms with van der Waals surface area (Å²) < 4.78 is 18.8. The van der Waals surface area contributed by atoms with Gasteiger partial charge in [0.25, 0.3) is 5.91 Å². The number of nitrogens with one attached hydrogen (secondary N) is 2. The van der Waals surface area contributed by atoms with Gasteiger partial charge >= 0.3 is 0 Å². The number of methoxy groups -OCH3 is 3. The van der Waals surface area contributed by atoms with Crippen LogP contribution < -0.4 is 24.8 Å². The minimum Gasteiger partial charge on any atom is -0.493 e. The van der Waals surface area contributed by atoms with E-state index >= 15 is 0 Å². The van der Waals surface area contributed by atoms with E-state index in [0.717, 1.165) is 21.4 Å². The Morgan fingerprint density at radius 1 is 0.950 bits per heavy atom. The van der Waals surface area contributed by atoms with Crippen molar-refractivity contribution in [2.24, 2.45) is 0 Å². The molecule has 4 aromatic rings. The van der Waals surface area contributed by atoms with Crippen molar-refractivity contribution in [1.82, 2.24) is 20.1 Å². The lowest BCUT2D eigenvalue weighted by atomic mass is 10.1. The van der Waals surface area contributed by atoms with E-state index in [-0.39, 0.29) is 24.1 Å². The number of hydrogen-bond acceptors (Lipinski definition) is 8. The molecular formula is C28H28BrN5O5S. The summed E-state index contributed by atoms with van der Waals surface area (Å²) in [4.78, 5) is 25.7. The molecule has 3 aromatic carbocycles. The average molecular weight is 627 g/mol. The molecule has 4 rings (SSSR count). The number of hydrogen-bond donors (Lipinski definition) is 2. The number of aryl methyl sites for hydroxylation is 1. The van der Waals surface area contributed by atoms with Gasteiger partial charge in [0.2, 0.25) is 11.7 Å². The van der Waals surface area contributed by atoms with Crippen molar-refractivity contribution in [3.05, 3.63) is 82.1 Å². The third kappa shape index (κ3) is 6.93. The SMILES string of the molecule is COc1cc(C(=O)NCc2nnc(SCC(=O)Nc3cccc(C)c3)n2-c2ccc(Br)cc2)cc(OC)c1OC. The van der Waals surface area contributed by atoms with Crippen molar-refractivity contribution in [2.45, 2.75) is 18.6 Å². The molecule has 10 nitrogen and oxygen atoms in total. The van der Waals surface area contributed by atoms with Crippen LogP contribution in [0.1, 0.15) is 21.7 Å². The third-order valence-electron chi connectivity index (χ3n) is 5.75. The zero-order valence-corrected chi connectivity index (χ0v) is 24.8. The predicted molar refractivity (Wildman–Crippen MR) is 157 cm³/mol. The summed E-state index contributed by atoms with van der Waals surface area (Å²) in [6, 6.07) is 18.3. The Hall–Kier alpha value is -4.03. The highest BCUT2D eigenvalue weighted by Crippen LogP contribution is 2.38. The zero-order chi connectivity index (χ0) is 28.6. The second-order valence-electron chi connectivity index (χ2n) is 8.51. The Morgan fingerprint density at radius 2 is 1.65 bits per heavy atom. The van der Waals surface area contributed by atoms with E-state index in [1.165, 1.54) is 33.1 Å². The van der Waals surface area contributed by atoms with Gasteiger partial charge in [0.1, 0.15) is 0 Å². The number of benzene rings is 3. The van der Waals surface area contributed by atoms with Gasteiger partial charge in [-0.1, -0.05) is 39.8 Å². The first-order valence-electron chi connectivity index (χ1n) is 12.1. The quantitative estimate of drug-likeness (QED) is 0.223. The normalized spacial score (nSPS) is 10.6. The maximum atomic E-state index is 13.1. The standard InChI is InChI=1S/C28H28BrN5O5S/c1-17-6-5-7-20(12-17)31-25(35)16-40-28-33-32-24(34(28)21-10-8-19(29)9-11-21)15-30-27(36)18-13-22(37-2)26(39-4)23(14-18)38-3/h5-14H,15-16H2,1-4H3,(H,30,36)(H,31,35). The molecule has 0 unspecified atom stereocenters. The average Bonchev–Trinajstić information content (AvgIpc) is 3.37. The molecule has 208 valence electrons. The number of anilines is 1. The van der Waals surface area contributed by atoms with Crippen LogP contribution >= 0.6 is 27.7 Å². The zero-order valence-electron chi connectivity index (χ0n) is 22.4. The molecular weight excluding hydrogens is 598 g/mol. The highest BCUT2D eigenvalue weighted by molar-refractivity contribution is 9.10. The molecule has 0 radical (unpaired) electrons. The monoisotopic (exact) mass is 625 g/mol. The molecule has 0 fully saturated rings. The highest BCUT2D eigenvalue weighted by atomic mass is 79.9. The summed E-state index contributed by atoms with van der Waals surface area (Å²) >= 11 is 4.71. The number of rotatable bonds is 11. The molecule has 1 aromatic heterocycles. The summed E-state index contributed by atoms with van der Waals surface area (Å²) in [5, 5.41) is 14.9. The van der Waals surface area contributed by atoms with Crippen molar-refractivity contribution in [3.8, 4) is 22.9 Å². The second kappa shape index (κ2) is 13.4. The lowest BCUT2D eigenvalue weighted by Crippen LogP contribution is -2.25. The third-order valence-corrected chi connectivity index (χ3v) is 7.21. The van der Waals surface area contributed by atoms with Crippen molar-refractivity contribution in [3.63, 3.8) is 0 Å². The molecule has 2 amide bonds. The lowest BCUT2D eigenvalue weighted by Gasteiger charge is -2.14. The number of halogens is 1. The summed E-state index contributed by atoms with van der Waals surface area (Å²) in [7, 11) is 4.47. The molecule has 0 atom stereocenters. The van der Waals surface area contributed by atoms with Crippen molar-refractivity contribution < 1.29 is 23.8 Å². The van der Waals surface area contributed by atoms with Crippen LogP contribution in [0, 0.1) is 6.92 Å². The van der Waals surface area contributed by atoms with E-state index in [1.807, 2.05) is 60.0 Å². The Balaban J connectivity index is 1.53. The lowest BCUT2D eigenvalue weighted by molar-refractivity contribution is -0.113. The van der Waals surface area contributed by atoms with Gasteiger partial charge in [-0.2, -0.15) is 0 Å². The second-order valence-corrected chi connectivity index (χ2v) is 10.4. The largest absolute Gasteiger partial charge is 0.493 e. The predicted octanol–water partition coefficient (Wildman–Crippen LogP) is 5.02. The van der Waals surface area contributed by atoms with Gasteiger partial charge in [0.05, 0.1) is 33.6 Å². The van der Waals surface area contributed by atoms with E-state index in [2.05, 4.69) is 36.8 Å². The van der Waals surface area contributed by atoms with Crippen LogP contribution in [0.3, 0.4) is 0 Å². The van der Waals surface area contributed by atoms with Crippen LogP contribution in [0.5, 0.6) is 17.2 Å². The van der Waals surface area contributed by atoms with Crippen molar-refractivity contribution >= 4 is 45.2 Å². The maximum absolute atomic E-state index is 13.1. The first-order chi connectivity index (χ1) is 19.3. The fourth-order valence-electron chi connectivity index (χ4n) is 3.88. The van der Waals surface area contributed by atoms with E-state index in [1.54, 1.807) is 12.1 Å². The molecule has 40 heavy (non-hydrogen) atoms. The smallest absolute Gasteiger partial charge is 0.251 e. The number of thioether (sulfide) groups is 1. The number of ether oxygens (including phenoxy) is 3. The topological polar surface area (TPSA) is 117 Å². The molecule has 0 saturated carbocycles. The number of carbonyl (C=O) groups excluding carboxylic acids is 2. The van der Waals surface area contributed by atoms with Gasteiger partial charge in [-0.3, -0.25) is 14.2 Å². The molecule has 12 heteroatoms. The molecule has 0 bridgehead atoms. The van der Waals surface area contributed by atoms with Crippen LogP contribution in [0.15, 0.2) is 70.3 Å². The van der Waals surface area contributed by atoms with Crippen LogP contribution in [0.2, 0.25) is 0 Å². The highest BCUT2D eigenvalue weighted by Gasteiger charge is 2.20. The molecule has 0 aliphatic carbocycles. The summed E-state index contributed by atoms with van der Waals surface area (Å²) in [6.07, 6.45) is 0. The van der Waals surface area contributed by atoms with Gasteiger partial charge in [-0.05, 0) is 61.0 Å². The Labute approximate surface area is 244 Å². The van der Waals surface area contributed by atoms with Crippen LogP contribution in [0.25, 0.3) is 5.69 Å². The first-order valence-corrected chi connectivity index (χ1v) is 13.9. The van der Waals surface area contributed by atoms with Gasteiger partial charge in [0, 0.05) is 21.4 Å².